The van der Waals surface area contributed by atoms with Crippen molar-refractivity contribution in [1.82, 2.24) is 19.9 Å². The molecule has 196 valence electrons. The van der Waals surface area contributed by atoms with Crippen LogP contribution in [0.3, 0.4) is 0 Å². The van der Waals surface area contributed by atoms with E-state index in [4.69, 9.17) is 9.72 Å². The molecular formula is C28H36N6O3. The molecule has 0 amide bonds. The third-order valence-electron chi connectivity index (χ3n) is 7.23. The highest BCUT2D eigenvalue weighted by Crippen LogP contribution is 2.22. The second-order valence-electron chi connectivity index (χ2n) is 9.94. The second-order valence-corrected chi connectivity index (χ2v) is 9.94. The molecule has 0 spiro atoms. The summed E-state index contributed by atoms with van der Waals surface area (Å²) < 4.78 is 6.15. The van der Waals surface area contributed by atoms with Crippen molar-refractivity contribution in [1.29, 1.82) is 0 Å². The van der Waals surface area contributed by atoms with Crippen LogP contribution < -0.4 is 10.6 Å². The number of carboxylic acid groups (broad SMARTS) is 1. The van der Waals surface area contributed by atoms with Gasteiger partial charge in [-0.05, 0) is 75.4 Å². The maximum Gasteiger partial charge on any atom is 0.326 e. The average Bonchev–Trinajstić information content (AvgIpc) is 2.93. The topological polar surface area (TPSA) is 112 Å². The maximum absolute atomic E-state index is 11.9. The van der Waals surface area contributed by atoms with Gasteiger partial charge in [-0.25, -0.2) is 19.7 Å². The number of carbonyl (C=O) groups is 1. The van der Waals surface area contributed by atoms with Crippen LogP contribution in [0.25, 0.3) is 10.9 Å². The molecule has 1 aromatic carbocycles. The SMILES string of the molecule is O=C(O)[C@H](CCO[C@H]1CCCN(CCCc2ccc3c(n2)NCCC3)C1)Nc1ncnc2ccccc12. The number of carboxylic acids is 1. The van der Waals surface area contributed by atoms with Crippen molar-refractivity contribution in [2.45, 2.75) is 57.1 Å². The van der Waals surface area contributed by atoms with Crippen LogP contribution in [-0.2, 0) is 22.4 Å². The van der Waals surface area contributed by atoms with Gasteiger partial charge >= 0.3 is 5.97 Å². The lowest BCUT2D eigenvalue weighted by molar-refractivity contribution is -0.138. The number of ether oxygens (including phenoxy) is 1. The third kappa shape index (κ3) is 6.72. The Morgan fingerprint density at radius 3 is 3.05 bits per heavy atom. The molecule has 37 heavy (non-hydrogen) atoms. The van der Waals surface area contributed by atoms with Gasteiger partial charge in [-0.2, -0.15) is 0 Å². The number of rotatable bonds is 11. The van der Waals surface area contributed by atoms with Crippen molar-refractivity contribution in [3.05, 3.63) is 54.0 Å². The van der Waals surface area contributed by atoms with Crippen LogP contribution in [-0.4, -0.2) is 75.9 Å². The van der Waals surface area contributed by atoms with Gasteiger partial charge in [-0.15, -0.1) is 0 Å². The van der Waals surface area contributed by atoms with E-state index in [1.807, 2.05) is 24.3 Å². The fraction of sp³-hybridized carbons (Fsp3) is 0.500. The Kier molecular flexibility index (Phi) is 8.42. The molecule has 2 aliphatic rings. The van der Waals surface area contributed by atoms with Crippen LogP contribution in [0, 0.1) is 0 Å². The minimum absolute atomic E-state index is 0.133. The van der Waals surface area contributed by atoms with Gasteiger partial charge in [-0.3, -0.25) is 0 Å². The van der Waals surface area contributed by atoms with E-state index in [0.29, 0.717) is 18.8 Å². The van der Waals surface area contributed by atoms with E-state index in [1.54, 1.807) is 0 Å². The molecular weight excluding hydrogens is 468 g/mol. The van der Waals surface area contributed by atoms with Gasteiger partial charge in [0.2, 0.25) is 0 Å². The lowest BCUT2D eigenvalue weighted by Gasteiger charge is -2.32. The molecule has 2 atom stereocenters. The first-order chi connectivity index (χ1) is 18.2. The summed E-state index contributed by atoms with van der Waals surface area (Å²) in [5, 5.41) is 17.1. The Morgan fingerprint density at radius 1 is 1.22 bits per heavy atom. The van der Waals surface area contributed by atoms with Crippen molar-refractivity contribution in [3.8, 4) is 0 Å². The summed E-state index contributed by atoms with van der Waals surface area (Å²) in [5.74, 6) is 0.686. The molecule has 5 rings (SSSR count). The minimum Gasteiger partial charge on any atom is -0.480 e. The smallest absolute Gasteiger partial charge is 0.326 e. The predicted molar refractivity (Wildman–Crippen MR) is 144 cm³/mol. The monoisotopic (exact) mass is 504 g/mol. The van der Waals surface area contributed by atoms with E-state index in [-0.39, 0.29) is 6.10 Å². The van der Waals surface area contributed by atoms with E-state index in [1.165, 1.54) is 18.3 Å². The molecule has 0 radical (unpaired) electrons. The van der Waals surface area contributed by atoms with Crippen molar-refractivity contribution in [2.75, 3.05) is 43.4 Å². The molecule has 9 heteroatoms. The molecule has 2 aromatic heterocycles. The van der Waals surface area contributed by atoms with E-state index in [2.05, 4.69) is 37.6 Å². The number of pyridine rings is 1. The molecule has 3 aromatic rings. The van der Waals surface area contributed by atoms with Crippen molar-refractivity contribution in [3.63, 3.8) is 0 Å². The lowest BCUT2D eigenvalue weighted by atomic mass is 10.1. The highest BCUT2D eigenvalue weighted by molar-refractivity contribution is 5.90. The zero-order valence-corrected chi connectivity index (χ0v) is 21.2. The van der Waals surface area contributed by atoms with E-state index in [0.717, 1.165) is 80.7 Å². The van der Waals surface area contributed by atoms with Crippen LogP contribution in [0.5, 0.6) is 0 Å². The zero-order valence-electron chi connectivity index (χ0n) is 21.2. The zero-order chi connectivity index (χ0) is 25.5. The van der Waals surface area contributed by atoms with Gasteiger partial charge in [-0.1, -0.05) is 18.2 Å². The van der Waals surface area contributed by atoms with Crippen LogP contribution in [0.4, 0.5) is 11.6 Å². The van der Waals surface area contributed by atoms with Gasteiger partial charge in [0.15, 0.2) is 0 Å². The number of likely N-dealkylation sites (tertiary alicyclic amines) is 1. The number of nitrogens with one attached hydrogen (secondary N) is 2. The quantitative estimate of drug-likeness (QED) is 0.359. The molecule has 9 nitrogen and oxygen atoms in total. The Hall–Kier alpha value is -3.30. The summed E-state index contributed by atoms with van der Waals surface area (Å²) in [5.41, 5.74) is 3.26. The summed E-state index contributed by atoms with van der Waals surface area (Å²) in [6.07, 6.45) is 8.39. The average molecular weight is 505 g/mol. The number of anilines is 2. The number of aliphatic carboxylic acids is 1. The van der Waals surface area contributed by atoms with E-state index < -0.39 is 12.0 Å². The van der Waals surface area contributed by atoms with Crippen LogP contribution >= 0.6 is 0 Å². The molecule has 2 aliphatic heterocycles. The standard InChI is InChI=1S/C28H36N6O3/c35-28(36)25(33-27-23-9-1-2-10-24(23)30-19-31-27)13-17-37-22-8-5-16-34(18-22)15-4-7-21-12-11-20-6-3-14-29-26(20)32-21/h1-2,9-12,19,22,25H,3-8,13-18H2,(H,29,32)(H,35,36)(H,30,31,33)/t22-,25-/m0/s1. The second kappa shape index (κ2) is 12.3. The minimum atomic E-state index is -0.914. The summed E-state index contributed by atoms with van der Waals surface area (Å²) >= 11 is 0. The molecule has 1 saturated heterocycles. The number of aromatic nitrogens is 3. The summed E-state index contributed by atoms with van der Waals surface area (Å²) in [7, 11) is 0. The first-order valence-corrected chi connectivity index (χ1v) is 13.4. The highest BCUT2D eigenvalue weighted by Gasteiger charge is 2.23. The van der Waals surface area contributed by atoms with Gasteiger partial charge in [0.25, 0.3) is 0 Å². The first-order valence-electron chi connectivity index (χ1n) is 13.4. The fourth-order valence-corrected chi connectivity index (χ4v) is 5.24. The molecule has 1 fully saturated rings. The highest BCUT2D eigenvalue weighted by atomic mass is 16.5. The largest absolute Gasteiger partial charge is 0.480 e. The number of piperidine rings is 1. The summed E-state index contributed by atoms with van der Waals surface area (Å²) in [6.45, 7) is 4.39. The van der Waals surface area contributed by atoms with Crippen molar-refractivity contribution < 1.29 is 14.6 Å². The number of hydrogen-bond acceptors (Lipinski definition) is 8. The normalized spacial score (nSPS) is 18.6. The maximum atomic E-state index is 11.9. The van der Waals surface area contributed by atoms with Gasteiger partial charge in [0.05, 0.1) is 11.6 Å². The lowest BCUT2D eigenvalue weighted by Crippen LogP contribution is -2.41. The molecule has 0 unspecified atom stereocenters. The first kappa shape index (κ1) is 25.4. The van der Waals surface area contributed by atoms with Gasteiger partial charge in [0, 0.05) is 37.2 Å². The van der Waals surface area contributed by atoms with Crippen LogP contribution in [0.2, 0.25) is 0 Å². The summed E-state index contributed by atoms with van der Waals surface area (Å²) in [6, 6.07) is 11.2. The number of para-hydroxylation sites is 1. The molecule has 0 aliphatic carbocycles. The van der Waals surface area contributed by atoms with Gasteiger partial charge in [0.1, 0.15) is 24.0 Å². The van der Waals surface area contributed by atoms with E-state index in [9.17, 15) is 9.90 Å². The Bertz CT molecular complexity index is 1200. The number of fused-ring (bicyclic) bond motifs is 2. The molecule has 4 heterocycles. The predicted octanol–water partition coefficient (Wildman–Crippen LogP) is 3.75. The van der Waals surface area contributed by atoms with Gasteiger partial charge < -0.3 is 25.4 Å². The van der Waals surface area contributed by atoms with Crippen molar-refractivity contribution in [2.24, 2.45) is 0 Å². The summed E-state index contributed by atoms with van der Waals surface area (Å²) in [4.78, 5) is 27.7. The molecule has 0 saturated carbocycles. The van der Waals surface area contributed by atoms with E-state index >= 15 is 0 Å². The fourth-order valence-electron chi connectivity index (χ4n) is 5.24. The third-order valence-corrected chi connectivity index (χ3v) is 7.23. The Morgan fingerprint density at radius 2 is 2.14 bits per heavy atom. The Labute approximate surface area is 217 Å². The van der Waals surface area contributed by atoms with Crippen molar-refractivity contribution >= 4 is 28.5 Å². The van der Waals surface area contributed by atoms with Crippen LogP contribution in [0.15, 0.2) is 42.7 Å². The Balaban J connectivity index is 1.06. The molecule has 3 N–H and O–H groups in total. The molecule has 0 bridgehead atoms. The van der Waals surface area contributed by atoms with Crippen LogP contribution in [0.1, 0.15) is 43.4 Å². The number of hydrogen-bond donors (Lipinski definition) is 3. The number of aryl methyl sites for hydroxylation is 2. The number of nitrogens with zero attached hydrogens (tertiary/aromatic N) is 4. The number of benzene rings is 1.